The monoisotopic (exact) mass is 249 g/mol. The summed E-state index contributed by atoms with van der Waals surface area (Å²) in [5.41, 5.74) is 7.93. The second-order valence-corrected chi connectivity index (χ2v) is 5.08. The van der Waals surface area contributed by atoms with Crippen LogP contribution in [0.1, 0.15) is 12.8 Å². The number of likely N-dealkylation sites (N-methyl/N-ethyl adjacent to an activating group) is 2. The van der Waals surface area contributed by atoms with Gasteiger partial charge in [0.25, 0.3) is 0 Å². The number of benzene rings is 1. The Kier molecular flexibility index (Phi) is 3.97. The van der Waals surface area contributed by atoms with Crippen molar-refractivity contribution in [1.29, 1.82) is 0 Å². The van der Waals surface area contributed by atoms with Crippen molar-refractivity contribution in [3.8, 4) is 5.75 Å². The summed E-state index contributed by atoms with van der Waals surface area (Å²) in [5.74, 6) is 0.808. The third-order valence-corrected chi connectivity index (χ3v) is 3.80. The lowest BCUT2D eigenvalue weighted by molar-refractivity contribution is 0.314. The lowest BCUT2D eigenvalue weighted by Gasteiger charge is -2.28. The van der Waals surface area contributed by atoms with Gasteiger partial charge in [-0.3, -0.25) is 0 Å². The van der Waals surface area contributed by atoms with Crippen LogP contribution < -0.4 is 15.4 Å². The van der Waals surface area contributed by atoms with Gasteiger partial charge < -0.3 is 20.3 Å². The fourth-order valence-corrected chi connectivity index (χ4v) is 2.63. The average Bonchev–Trinajstić information content (AvgIpc) is 2.74. The zero-order valence-corrected chi connectivity index (χ0v) is 11.5. The Hall–Kier alpha value is -1.42. The molecule has 1 unspecified atom stereocenters. The fraction of sp³-hybridized carbons (Fsp3) is 0.571. The minimum Gasteiger partial charge on any atom is -0.497 e. The van der Waals surface area contributed by atoms with E-state index in [0.717, 1.165) is 23.7 Å². The number of nitrogen functional groups attached to an aromatic ring is 1. The molecule has 1 aromatic rings. The molecule has 1 heterocycles. The number of hydrogen-bond donors (Lipinski definition) is 1. The molecule has 0 aliphatic carbocycles. The summed E-state index contributed by atoms with van der Waals surface area (Å²) in [4.78, 5) is 4.66. The summed E-state index contributed by atoms with van der Waals surface area (Å²) in [6.45, 7) is 2.23. The van der Waals surface area contributed by atoms with Gasteiger partial charge in [-0.25, -0.2) is 0 Å². The molecular weight excluding hydrogens is 226 g/mol. The van der Waals surface area contributed by atoms with Gasteiger partial charge in [-0.1, -0.05) is 0 Å². The van der Waals surface area contributed by atoms with Crippen LogP contribution in [0.5, 0.6) is 5.75 Å². The third kappa shape index (κ3) is 2.70. The van der Waals surface area contributed by atoms with Crippen LogP contribution in [0.3, 0.4) is 0 Å². The minimum absolute atomic E-state index is 0.636. The van der Waals surface area contributed by atoms with Crippen molar-refractivity contribution in [2.75, 3.05) is 44.9 Å². The number of hydrogen-bond acceptors (Lipinski definition) is 4. The van der Waals surface area contributed by atoms with Crippen molar-refractivity contribution in [1.82, 2.24) is 4.90 Å². The molecule has 0 amide bonds. The maximum Gasteiger partial charge on any atom is 0.121 e. The van der Waals surface area contributed by atoms with Crippen LogP contribution in [-0.4, -0.2) is 45.2 Å². The van der Waals surface area contributed by atoms with Crippen molar-refractivity contribution >= 4 is 11.4 Å². The van der Waals surface area contributed by atoms with E-state index >= 15 is 0 Å². The molecule has 0 spiro atoms. The molecule has 4 heteroatoms. The second-order valence-electron chi connectivity index (χ2n) is 5.08. The molecular formula is C14H23N3O. The normalized spacial score (nSPS) is 20.1. The summed E-state index contributed by atoms with van der Waals surface area (Å²) in [7, 11) is 5.96. The van der Waals surface area contributed by atoms with Gasteiger partial charge in [-0.15, -0.1) is 0 Å². The fourth-order valence-electron chi connectivity index (χ4n) is 2.63. The van der Waals surface area contributed by atoms with E-state index in [1.165, 1.54) is 19.4 Å². The highest BCUT2D eigenvalue weighted by molar-refractivity contribution is 5.69. The molecule has 1 aromatic carbocycles. The molecule has 4 nitrogen and oxygen atoms in total. The van der Waals surface area contributed by atoms with E-state index in [1.54, 1.807) is 7.11 Å². The molecule has 1 fully saturated rings. The standard InChI is InChI=1S/C14H23N3O/c1-16-8-4-5-11(16)10-17(2)14-7-6-12(18-3)9-13(14)15/h6-7,9,11H,4-5,8,10,15H2,1-3H3. The Morgan fingerprint density at radius 3 is 2.83 bits per heavy atom. The van der Waals surface area contributed by atoms with E-state index in [9.17, 15) is 0 Å². The topological polar surface area (TPSA) is 41.7 Å². The van der Waals surface area contributed by atoms with E-state index in [0.29, 0.717) is 6.04 Å². The number of methoxy groups -OCH3 is 1. The first-order chi connectivity index (χ1) is 8.61. The lowest BCUT2D eigenvalue weighted by atomic mass is 10.2. The first kappa shape index (κ1) is 13.0. The number of likely N-dealkylation sites (tertiary alicyclic amines) is 1. The number of ether oxygens (including phenoxy) is 1. The molecule has 2 rings (SSSR count). The summed E-state index contributed by atoms with van der Waals surface area (Å²) < 4.78 is 5.17. The second kappa shape index (κ2) is 5.48. The van der Waals surface area contributed by atoms with Crippen molar-refractivity contribution in [2.45, 2.75) is 18.9 Å². The highest BCUT2D eigenvalue weighted by Gasteiger charge is 2.22. The Labute approximate surface area is 109 Å². The van der Waals surface area contributed by atoms with Crippen LogP contribution in [0.25, 0.3) is 0 Å². The Balaban J connectivity index is 2.06. The SMILES string of the molecule is COc1ccc(N(C)CC2CCCN2C)c(N)c1. The van der Waals surface area contributed by atoms with E-state index < -0.39 is 0 Å². The number of nitrogens with zero attached hydrogens (tertiary/aromatic N) is 2. The summed E-state index contributed by atoms with van der Waals surface area (Å²) in [6, 6.07) is 6.50. The van der Waals surface area contributed by atoms with E-state index in [4.69, 9.17) is 10.5 Å². The average molecular weight is 249 g/mol. The number of anilines is 2. The molecule has 18 heavy (non-hydrogen) atoms. The summed E-state index contributed by atoms with van der Waals surface area (Å²) in [5, 5.41) is 0. The molecule has 1 saturated heterocycles. The van der Waals surface area contributed by atoms with Crippen LogP contribution in [-0.2, 0) is 0 Å². The number of rotatable bonds is 4. The van der Waals surface area contributed by atoms with Gasteiger partial charge in [0, 0.05) is 25.7 Å². The van der Waals surface area contributed by atoms with Gasteiger partial charge in [-0.2, -0.15) is 0 Å². The molecule has 0 saturated carbocycles. The quantitative estimate of drug-likeness (QED) is 0.826. The molecule has 0 radical (unpaired) electrons. The molecule has 1 aliphatic heterocycles. The van der Waals surface area contributed by atoms with Crippen molar-refractivity contribution in [3.63, 3.8) is 0 Å². The van der Waals surface area contributed by atoms with Crippen molar-refractivity contribution < 1.29 is 4.74 Å². The molecule has 0 bridgehead atoms. The molecule has 0 aromatic heterocycles. The Bertz CT molecular complexity index is 408. The van der Waals surface area contributed by atoms with Gasteiger partial charge in [-0.05, 0) is 38.6 Å². The predicted molar refractivity (Wildman–Crippen MR) is 76.3 cm³/mol. The van der Waals surface area contributed by atoms with Gasteiger partial charge in [0.1, 0.15) is 5.75 Å². The van der Waals surface area contributed by atoms with Crippen molar-refractivity contribution in [2.24, 2.45) is 0 Å². The minimum atomic E-state index is 0.636. The summed E-state index contributed by atoms with van der Waals surface area (Å²) >= 11 is 0. The maximum absolute atomic E-state index is 6.07. The predicted octanol–water partition coefficient (Wildman–Crippen LogP) is 1.81. The highest BCUT2D eigenvalue weighted by atomic mass is 16.5. The van der Waals surface area contributed by atoms with Crippen LogP contribution in [0.15, 0.2) is 18.2 Å². The van der Waals surface area contributed by atoms with Crippen LogP contribution in [0.2, 0.25) is 0 Å². The van der Waals surface area contributed by atoms with Crippen molar-refractivity contribution in [3.05, 3.63) is 18.2 Å². The molecule has 1 atom stereocenters. The van der Waals surface area contributed by atoms with Crippen LogP contribution >= 0.6 is 0 Å². The Morgan fingerprint density at radius 1 is 1.50 bits per heavy atom. The smallest absolute Gasteiger partial charge is 0.121 e. The maximum atomic E-state index is 6.07. The van der Waals surface area contributed by atoms with E-state index in [2.05, 4.69) is 23.9 Å². The Morgan fingerprint density at radius 2 is 2.28 bits per heavy atom. The van der Waals surface area contributed by atoms with Gasteiger partial charge in [0.2, 0.25) is 0 Å². The third-order valence-electron chi connectivity index (χ3n) is 3.80. The van der Waals surface area contributed by atoms with Gasteiger partial charge >= 0.3 is 0 Å². The molecule has 1 aliphatic rings. The van der Waals surface area contributed by atoms with Gasteiger partial charge in [0.05, 0.1) is 18.5 Å². The summed E-state index contributed by atoms with van der Waals surface area (Å²) in [6.07, 6.45) is 2.57. The largest absolute Gasteiger partial charge is 0.497 e. The first-order valence-electron chi connectivity index (χ1n) is 6.46. The lowest BCUT2D eigenvalue weighted by Crippen LogP contribution is -2.36. The molecule has 100 valence electrons. The van der Waals surface area contributed by atoms with E-state index in [-0.39, 0.29) is 0 Å². The molecule has 2 N–H and O–H groups in total. The first-order valence-corrected chi connectivity index (χ1v) is 6.46. The number of nitrogens with two attached hydrogens (primary N) is 1. The highest BCUT2D eigenvalue weighted by Crippen LogP contribution is 2.28. The van der Waals surface area contributed by atoms with Crippen LogP contribution in [0, 0.1) is 0 Å². The zero-order valence-electron chi connectivity index (χ0n) is 11.5. The van der Waals surface area contributed by atoms with Crippen LogP contribution in [0.4, 0.5) is 11.4 Å². The van der Waals surface area contributed by atoms with E-state index in [1.807, 2.05) is 18.2 Å². The van der Waals surface area contributed by atoms with Gasteiger partial charge in [0.15, 0.2) is 0 Å². The zero-order chi connectivity index (χ0) is 13.1.